The lowest BCUT2D eigenvalue weighted by Gasteiger charge is -2.21. The van der Waals surface area contributed by atoms with Gasteiger partial charge in [-0.05, 0) is 23.8 Å². The molecule has 3 nitrogen and oxygen atoms in total. The Balaban J connectivity index is 2.57. The number of hydrogen-bond acceptors (Lipinski definition) is 3. The largest absolute Gasteiger partial charge is 0.497 e. The molecule has 0 spiro atoms. The van der Waals surface area contributed by atoms with E-state index in [4.69, 9.17) is 14.6 Å². The van der Waals surface area contributed by atoms with Crippen molar-refractivity contribution in [3.63, 3.8) is 0 Å². The summed E-state index contributed by atoms with van der Waals surface area (Å²) in [6.45, 7) is 5.07. The molecule has 0 amide bonds. The van der Waals surface area contributed by atoms with Crippen LogP contribution in [0.1, 0.15) is 19.4 Å². The third kappa shape index (κ3) is 4.66. The Kier molecular flexibility index (Phi) is 5.43. The first-order valence-corrected chi connectivity index (χ1v) is 6.29. The lowest BCUT2D eigenvalue weighted by Crippen LogP contribution is -2.23. The molecule has 0 aliphatic rings. The van der Waals surface area contributed by atoms with Gasteiger partial charge in [0.05, 0.1) is 26.9 Å². The molecule has 0 aliphatic carbocycles. The van der Waals surface area contributed by atoms with E-state index in [-0.39, 0.29) is 12.0 Å². The summed E-state index contributed by atoms with van der Waals surface area (Å²) in [5, 5.41) is 9.12. The van der Waals surface area contributed by atoms with Gasteiger partial charge in [0.15, 0.2) is 0 Å². The maximum Gasteiger partial charge on any atom is 0.119 e. The highest BCUT2D eigenvalue weighted by molar-refractivity contribution is 9.10. The molecule has 1 aromatic rings. The fourth-order valence-corrected chi connectivity index (χ4v) is 1.63. The van der Waals surface area contributed by atoms with Gasteiger partial charge >= 0.3 is 0 Å². The summed E-state index contributed by atoms with van der Waals surface area (Å²) in [6, 6.07) is 5.77. The predicted octanol–water partition coefficient (Wildman–Crippen LogP) is 2.99. The van der Waals surface area contributed by atoms with Gasteiger partial charge in [-0.25, -0.2) is 0 Å². The number of aliphatic hydroxyl groups excluding tert-OH is 1. The topological polar surface area (TPSA) is 38.7 Å². The molecule has 1 rings (SSSR count). The Labute approximate surface area is 111 Å². The van der Waals surface area contributed by atoms with E-state index in [0.717, 1.165) is 15.8 Å². The van der Waals surface area contributed by atoms with Crippen LogP contribution in [0.15, 0.2) is 22.7 Å². The molecule has 0 radical (unpaired) electrons. The molecule has 0 fully saturated rings. The minimum Gasteiger partial charge on any atom is -0.497 e. The Hall–Kier alpha value is -0.580. The van der Waals surface area contributed by atoms with Gasteiger partial charge in [-0.3, -0.25) is 0 Å². The van der Waals surface area contributed by atoms with E-state index >= 15 is 0 Å². The molecule has 4 heteroatoms. The summed E-state index contributed by atoms with van der Waals surface area (Å²) in [5.41, 5.74) is 0.837. The van der Waals surface area contributed by atoms with Gasteiger partial charge < -0.3 is 14.6 Å². The van der Waals surface area contributed by atoms with Crippen LogP contribution < -0.4 is 4.74 Å². The third-order valence-corrected chi connectivity index (χ3v) is 3.20. The van der Waals surface area contributed by atoms with Crippen LogP contribution in [0, 0.1) is 5.41 Å². The zero-order chi connectivity index (χ0) is 12.9. The monoisotopic (exact) mass is 302 g/mol. The maximum absolute atomic E-state index is 9.12. The van der Waals surface area contributed by atoms with Crippen molar-refractivity contribution < 1.29 is 14.6 Å². The second kappa shape index (κ2) is 6.38. The van der Waals surface area contributed by atoms with E-state index in [2.05, 4.69) is 15.9 Å². The highest BCUT2D eigenvalue weighted by Gasteiger charge is 2.16. The van der Waals surface area contributed by atoms with Gasteiger partial charge in [0.1, 0.15) is 5.75 Å². The zero-order valence-electron chi connectivity index (χ0n) is 10.5. The minimum atomic E-state index is -0.203. The molecule has 1 N–H and O–H groups in total. The fourth-order valence-electron chi connectivity index (χ4n) is 1.27. The first kappa shape index (κ1) is 14.5. The van der Waals surface area contributed by atoms with Crippen molar-refractivity contribution in [2.45, 2.75) is 20.5 Å². The number of rotatable bonds is 6. The van der Waals surface area contributed by atoms with Gasteiger partial charge in [-0.15, -0.1) is 0 Å². The number of halogens is 1. The average Bonchev–Trinajstić information content (AvgIpc) is 2.31. The number of aliphatic hydroxyl groups is 1. The number of hydrogen-bond donors (Lipinski definition) is 1. The smallest absolute Gasteiger partial charge is 0.119 e. The van der Waals surface area contributed by atoms with Crippen molar-refractivity contribution in [2.75, 3.05) is 20.3 Å². The third-order valence-electron chi connectivity index (χ3n) is 2.43. The summed E-state index contributed by atoms with van der Waals surface area (Å²) in [6.07, 6.45) is 0. The number of methoxy groups -OCH3 is 1. The van der Waals surface area contributed by atoms with Gasteiger partial charge in [0.25, 0.3) is 0 Å². The van der Waals surface area contributed by atoms with E-state index in [1.54, 1.807) is 7.11 Å². The van der Waals surface area contributed by atoms with E-state index in [1.807, 2.05) is 32.0 Å². The van der Waals surface area contributed by atoms with Crippen molar-refractivity contribution in [1.82, 2.24) is 0 Å². The second-order valence-electron chi connectivity index (χ2n) is 4.77. The molecule has 0 unspecified atom stereocenters. The van der Waals surface area contributed by atoms with Crippen molar-refractivity contribution in [1.29, 1.82) is 0 Å². The van der Waals surface area contributed by atoms with Crippen LogP contribution in [0.25, 0.3) is 0 Å². The van der Waals surface area contributed by atoms with E-state index in [1.165, 1.54) is 0 Å². The Morgan fingerprint density at radius 2 is 2.06 bits per heavy atom. The van der Waals surface area contributed by atoms with Gasteiger partial charge in [0.2, 0.25) is 0 Å². The summed E-state index contributed by atoms with van der Waals surface area (Å²) in [5.74, 6) is 0.813. The number of ether oxygens (including phenoxy) is 2. The summed E-state index contributed by atoms with van der Waals surface area (Å²) in [4.78, 5) is 0. The highest BCUT2D eigenvalue weighted by atomic mass is 79.9. The van der Waals surface area contributed by atoms with E-state index < -0.39 is 0 Å². The van der Waals surface area contributed by atoms with Crippen LogP contribution in [-0.4, -0.2) is 25.4 Å². The number of benzene rings is 1. The van der Waals surface area contributed by atoms with Crippen LogP contribution in [0.2, 0.25) is 0 Å². The zero-order valence-corrected chi connectivity index (χ0v) is 12.1. The molecule has 0 aromatic heterocycles. The van der Waals surface area contributed by atoms with Crippen molar-refractivity contribution >= 4 is 15.9 Å². The minimum absolute atomic E-state index is 0.117. The van der Waals surface area contributed by atoms with Gasteiger partial charge in [-0.2, -0.15) is 0 Å². The van der Waals surface area contributed by atoms with Crippen molar-refractivity contribution in [2.24, 2.45) is 5.41 Å². The standard InChI is InChI=1S/C13H19BrO3/c1-13(2,8-15)9-17-7-10-6-11(16-3)4-5-12(10)14/h4-6,15H,7-9H2,1-3H3. The van der Waals surface area contributed by atoms with Crippen molar-refractivity contribution in [3.05, 3.63) is 28.2 Å². The molecule has 0 saturated carbocycles. The first-order valence-electron chi connectivity index (χ1n) is 5.49. The summed E-state index contributed by atoms with van der Waals surface area (Å²) < 4.78 is 11.8. The molecule has 17 heavy (non-hydrogen) atoms. The Morgan fingerprint density at radius 3 is 2.65 bits per heavy atom. The molecule has 0 aliphatic heterocycles. The Morgan fingerprint density at radius 1 is 1.35 bits per heavy atom. The van der Waals surface area contributed by atoms with Crippen LogP contribution in [0.4, 0.5) is 0 Å². The van der Waals surface area contributed by atoms with Gasteiger partial charge in [0, 0.05) is 9.89 Å². The van der Waals surface area contributed by atoms with Crippen LogP contribution >= 0.6 is 15.9 Å². The van der Waals surface area contributed by atoms with E-state index in [0.29, 0.717) is 13.2 Å². The molecular formula is C13H19BrO3. The van der Waals surface area contributed by atoms with Gasteiger partial charge in [-0.1, -0.05) is 29.8 Å². The Bertz CT molecular complexity index is 364. The molecule has 1 aromatic carbocycles. The lowest BCUT2D eigenvalue weighted by molar-refractivity contribution is 0.0195. The van der Waals surface area contributed by atoms with Crippen LogP contribution in [0.5, 0.6) is 5.75 Å². The normalized spacial score (nSPS) is 11.6. The summed E-state index contributed by atoms with van der Waals surface area (Å²) >= 11 is 3.47. The molecule has 0 bridgehead atoms. The van der Waals surface area contributed by atoms with Crippen LogP contribution in [0.3, 0.4) is 0 Å². The quantitative estimate of drug-likeness (QED) is 0.878. The molecule has 96 valence electrons. The summed E-state index contributed by atoms with van der Waals surface area (Å²) in [7, 11) is 1.64. The van der Waals surface area contributed by atoms with Crippen molar-refractivity contribution in [3.8, 4) is 5.75 Å². The molecule has 0 heterocycles. The molecule has 0 atom stereocenters. The maximum atomic E-state index is 9.12. The fraction of sp³-hybridized carbons (Fsp3) is 0.538. The average molecular weight is 303 g/mol. The predicted molar refractivity (Wildman–Crippen MR) is 71.2 cm³/mol. The SMILES string of the molecule is COc1ccc(Br)c(COCC(C)(C)CO)c1. The molecular weight excluding hydrogens is 284 g/mol. The highest BCUT2D eigenvalue weighted by Crippen LogP contribution is 2.24. The lowest BCUT2D eigenvalue weighted by atomic mass is 9.97. The van der Waals surface area contributed by atoms with E-state index in [9.17, 15) is 0 Å². The second-order valence-corrected chi connectivity index (χ2v) is 5.63. The molecule has 0 saturated heterocycles. The first-order chi connectivity index (χ1) is 7.98. The van der Waals surface area contributed by atoms with Crippen LogP contribution in [-0.2, 0) is 11.3 Å².